The molecule has 7 nitrogen and oxygen atoms in total. The van der Waals surface area contributed by atoms with Crippen molar-refractivity contribution < 1.29 is 22.5 Å². The molecule has 0 aliphatic carbocycles. The van der Waals surface area contributed by atoms with Gasteiger partial charge < -0.3 is 14.0 Å². The number of aryl methyl sites for hydroxylation is 2. The quantitative estimate of drug-likeness (QED) is 0.828. The van der Waals surface area contributed by atoms with E-state index in [-0.39, 0.29) is 29.3 Å². The number of aromatic nitrogens is 1. The number of nitrogens with one attached hydrogen (secondary N) is 1. The van der Waals surface area contributed by atoms with E-state index in [9.17, 15) is 13.5 Å². The third-order valence-electron chi connectivity index (χ3n) is 3.01. The van der Waals surface area contributed by atoms with E-state index >= 15 is 0 Å². The largest absolute Gasteiger partial charge is 0.469 e. The zero-order chi connectivity index (χ0) is 15.7. The van der Waals surface area contributed by atoms with Crippen molar-refractivity contribution in [3.63, 3.8) is 0 Å². The zero-order valence-corrected chi connectivity index (χ0v) is 12.9. The molecule has 0 fully saturated rings. The first-order valence-electron chi connectivity index (χ1n) is 6.38. The van der Waals surface area contributed by atoms with Crippen LogP contribution in [0.25, 0.3) is 0 Å². The standard InChI is InChI=1S/C13H18N2O5S/c1-9-12(10(2)20-15-9)21(17,18)14-8-13(3,16)7-11-5-4-6-19-11/h4-6,14,16H,7-8H2,1-3H3/t13-/m1/s1. The van der Waals surface area contributed by atoms with Crippen LogP contribution in [-0.2, 0) is 16.4 Å². The van der Waals surface area contributed by atoms with Gasteiger partial charge in [-0.1, -0.05) is 5.16 Å². The van der Waals surface area contributed by atoms with E-state index in [1.54, 1.807) is 19.1 Å². The van der Waals surface area contributed by atoms with E-state index < -0.39 is 15.6 Å². The molecule has 116 valence electrons. The lowest BCUT2D eigenvalue weighted by atomic mass is 10.0. The van der Waals surface area contributed by atoms with Crippen molar-refractivity contribution in [1.29, 1.82) is 0 Å². The highest BCUT2D eigenvalue weighted by molar-refractivity contribution is 7.89. The van der Waals surface area contributed by atoms with Gasteiger partial charge in [0.05, 0.1) is 11.9 Å². The van der Waals surface area contributed by atoms with Crippen molar-refractivity contribution >= 4 is 10.0 Å². The molecule has 0 spiro atoms. The van der Waals surface area contributed by atoms with Crippen molar-refractivity contribution in [1.82, 2.24) is 9.88 Å². The number of hydrogen-bond acceptors (Lipinski definition) is 6. The highest BCUT2D eigenvalue weighted by atomic mass is 32.2. The molecule has 2 aromatic heterocycles. The van der Waals surface area contributed by atoms with Crippen LogP contribution in [0.1, 0.15) is 24.1 Å². The Morgan fingerprint density at radius 1 is 1.43 bits per heavy atom. The van der Waals surface area contributed by atoms with Gasteiger partial charge in [-0.3, -0.25) is 0 Å². The van der Waals surface area contributed by atoms with Crippen LogP contribution in [0.4, 0.5) is 0 Å². The second-order valence-electron chi connectivity index (χ2n) is 5.23. The number of sulfonamides is 1. The molecule has 2 heterocycles. The summed E-state index contributed by atoms with van der Waals surface area (Å²) in [4.78, 5) is 0.0105. The van der Waals surface area contributed by atoms with Crippen molar-refractivity contribution in [2.45, 2.75) is 37.7 Å². The van der Waals surface area contributed by atoms with Crippen LogP contribution in [0.5, 0.6) is 0 Å². The van der Waals surface area contributed by atoms with E-state index in [1.165, 1.54) is 20.1 Å². The Hall–Kier alpha value is -1.64. The van der Waals surface area contributed by atoms with Gasteiger partial charge in [0.15, 0.2) is 5.76 Å². The number of nitrogens with zero attached hydrogens (tertiary/aromatic N) is 1. The van der Waals surface area contributed by atoms with E-state index in [0.29, 0.717) is 5.76 Å². The molecule has 0 saturated carbocycles. The molecule has 0 aliphatic rings. The monoisotopic (exact) mass is 314 g/mol. The summed E-state index contributed by atoms with van der Waals surface area (Å²) in [5.74, 6) is 0.794. The van der Waals surface area contributed by atoms with Crippen LogP contribution < -0.4 is 4.72 Å². The Morgan fingerprint density at radius 3 is 2.67 bits per heavy atom. The molecule has 0 aliphatic heterocycles. The van der Waals surface area contributed by atoms with Gasteiger partial charge in [0, 0.05) is 13.0 Å². The molecule has 0 radical (unpaired) electrons. The number of rotatable bonds is 6. The molecule has 2 aromatic rings. The predicted molar refractivity (Wildman–Crippen MR) is 74.2 cm³/mol. The van der Waals surface area contributed by atoms with E-state index in [1.807, 2.05) is 0 Å². The molecule has 0 aromatic carbocycles. The second kappa shape index (κ2) is 5.63. The molecule has 2 rings (SSSR count). The van der Waals surface area contributed by atoms with Gasteiger partial charge in [-0.15, -0.1) is 0 Å². The van der Waals surface area contributed by atoms with Crippen molar-refractivity contribution in [2.24, 2.45) is 0 Å². The molecule has 0 unspecified atom stereocenters. The molecule has 0 bridgehead atoms. The molecule has 8 heteroatoms. The van der Waals surface area contributed by atoms with Gasteiger partial charge in [-0.05, 0) is 32.9 Å². The lowest BCUT2D eigenvalue weighted by Gasteiger charge is -2.22. The summed E-state index contributed by atoms with van der Waals surface area (Å²) in [6, 6.07) is 3.43. The Morgan fingerprint density at radius 2 is 2.14 bits per heavy atom. The normalized spacial score (nSPS) is 15.0. The van der Waals surface area contributed by atoms with Gasteiger partial charge in [0.2, 0.25) is 10.0 Å². The first-order valence-corrected chi connectivity index (χ1v) is 7.87. The van der Waals surface area contributed by atoms with Gasteiger partial charge in [-0.25, -0.2) is 13.1 Å². The van der Waals surface area contributed by atoms with Crippen molar-refractivity contribution in [2.75, 3.05) is 6.54 Å². The first-order chi connectivity index (χ1) is 9.71. The molecule has 1 atom stereocenters. The van der Waals surface area contributed by atoms with Crippen LogP contribution in [0.15, 0.2) is 32.2 Å². The summed E-state index contributed by atoms with van der Waals surface area (Å²) in [5, 5.41) is 13.9. The minimum atomic E-state index is -3.79. The topological polar surface area (TPSA) is 106 Å². The summed E-state index contributed by atoms with van der Waals surface area (Å²) in [7, 11) is -3.79. The van der Waals surface area contributed by atoms with Gasteiger partial charge in [-0.2, -0.15) is 0 Å². The highest BCUT2D eigenvalue weighted by Crippen LogP contribution is 2.19. The summed E-state index contributed by atoms with van der Waals surface area (Å²) in [6.07, 6.45) is 1.70. The van der Waals surface area contributed by atoms with Gasteiger partial charge in [0.25, 0.3) is 0 Å². The number of furan rings is 1. The lowest BCUT2D eigenvalue weighted by Crippen LogP contribution is -2.42. The summed E-state index contributed by atoms with van der Waals surface area (Å²) in [6.45, 7) is 4.45. The van der Waals surface area contributed by atoms with Crippen molar-refractivity contribution in [3.8, 4) is 0 Å². The lowest BCUT2D eigenvalue weighted by molar-refractivity contribution is 0.0603. The number of aliphatic hydroxyl groups is 1. The average Bonchev–Trinajstić information content (AvgIpc) is 2.97. The SMILES string of the molecule is Cc1noc(C)c1S(=O)(=O)NC[C@](C)(O)Cc1ccco1. The Balaban J connectivity index is 2.08. The third-order valence-corrected chi connectivity index (χ3v) is 4.66. The van der Waals surface area contributed by atoms with Crippen LogP contribution >= 0.6 is 0 Å². The Kier molecular flexibility index (Phi) is 4.22. The fourth-order valence-corrected chi connectivity index (χ4v) is 3.52. The van der Waals surface area contributed by atoms with Crippen LogP contribution in [0.3, 0.4) is 0 Å². The van der Waals surface area contributed by atoms with Crippen molar-refractivity contribution in [3.05, 3.63) is 35.6 Å². The Bertz CT molecular complexity index is 682. The first kappa shape index (κ1) is 15.7. The summed E-state index contributed by atoms with van der Waals surface area (Å²) >= 11 is 0. The van der Waals surface area contributed by atoms with Crippen LogP contribution in [0, 0.1) is 13.8 Å². The molecule has 21 heavy (non-hydrogen) atoms. The summed E-state index contributed by atoms with van der Waals surface area (Å²) < 4.78 is 36.9. The van der Waals surface area contributed by atoms with E-state index in [2.05, 4.69) is 9.88 Å². The fraction of sp³-hybridized carbons (Fsp3) is 0.462. The maximum Gasteiger partial charge on any atom is 0.246 e. The molecule has 0 amide bonds. The van der Waals surface area contributed by atoms with Gasteiger partial charge in [0.1, 0.15) is 16.3 Å². The third kappa shape index (κ3) is 3.72. The van der Waals surface area contributed by atoms with Crippen LogP contribution in [-0.4, -0.2) is 30.8 Å². The van der Waals surface area contributed by atoms with E-state index in [0.717, 1.165) is 0 Å². The minimum Gasteiger partial charge on any atom is -0.469 e. The zero-order valence-electron chi connectivity index (χ0n) is 12.1. The predicted octanol–water partition coefficient (Wildman–Crippen LogP) is 1.16. The molecular weight excluding hydrogens is 296 g/mol. The van der Waals surface area contributed by atoms with Gasteiger partial charge >= 0.3 is 0 Å². The molecule has 0 saturated heterocycles. The Labute approximate surface area is 123 Å². The van der Waals surface area contributed by atoms with E-state index in [4.69, 9.17) is 8.94 Å². The molecular formula is C13H18N2O5S. The maximum absolute atomic E-state index is 12.2. The average molecular weight is 314 g/mol. The van der Waals surface area contributed by atoms with Crippen LogP contribution in [0.2, 0.25) is 0 Å². The fourth-order valence-electron chi connectivity index (χ4n) is 2.03. The summed E-state index contributed by atoms with van der Waals surface area (Å²) in [5.41, 5.74) is -0.991. The smallest absolute Gasteiger partial charge is 0.246 e. The minimum absolute atomic E-state index is 0.0105. The number of hydrogen-bond donors (Lipinski definition) is 2. The maximum atomic E-state index is 12.2. The molecule has 2 N–H and O–H groups in total. The highest BCUT2D eigenvalue weighted by Gasteiger charge is 2.29. The second-order valence-corrected chi connectivity index (χ2v) is 6.93.